The molecule has 4 nitrogen and oxygen atoms in total. The van der Waals surface area contributed by atoms with Gasteiger partial charge >= 0.3 is 11.9 Å². The molecular weight excluding hydrogens is 244 g/mol. The number of nitrogens with two attached hydrogens (primary N) is 1. The Morgan fingerprint density at radius 1 is 1.33 bits per heavy atom. The largest absolute Gasteiger partial charge is 0.480 e. The van der Waals surface area contributed by atoms with Gasteiger partial charge in [0, 0.05) is 12.5 Å². The van der Waals surface area contributed by atoms with Gasteiger partial charge in [0.05, 0.1) is 0 Å². The Bertz CT molecular complexity index is 457. The van der Waals surface area contributed by atoms with Gasteiger partial charge in [-0.2, -0.15) is 8.78 Å². The fraction of sp³-hybridized carbons (Fsp3) is 0.333. The van der Waals surface area contributed by atoms with E-state index in [1.807, 2.05) is 0 Å². The van der Waals surface area contributed by atoms with Crippen LogP contribution in [0.4, 0.5) is 8.78 Å². The summed E-state index contributed by atoms with van der Waals surface area (Å²) in [5, 5.41) is 8.61. The van der Waals surface area contributed by atoms with E-state index >= 15 is 0 Å². The van der Waals surface area contributed by atoms with E-state index in [1.165, 1.54) is 12.1 Å². The summed E-state index contributed by atoms with van der Waals surface area (Å²) >= 11 is 0. The zero-order valence-electron chi connectivity index (χ0n) is 9.69. The minimum atomic E-state index is -3.52. The summed E-state index contributed by atoms with van der Waals surface area (Å²) in [5.41, 5.74) is 5.43. The van der Waals surface area contributed by atoms with Crippen molar-refractivity contribution in [2.24, 2.45) is 5.73 Å². The smallest absolute Gasteiger partial charge is 0.330 e. The number of rotatable bonds is 5. The van der Waals surface area contributed by atoms with Crippen LogP contribution in [0, 0.1) is 0 Å². The molecule has 3 N–H and O–H groups in total. The molecular formula is C12H13F2NO3. The number of carbonyl (C=O) groups is 2. The van der Waals surface area contributed by atoms with Crippen molar-refractivity contribution < 1.29 is 23.5 Å². The molecule has 0 aliphatic heterocycles. The van der Waals surface area contributed by atoms with Gasteiger partial charge in [-0.3, -0.25) is 9.59 Å². The summed E-state index contributed by atoms with van der Waals surface area (Å²) in [4.78, 5) is 21.3. The number of halogens is 2. The van der Waals surface area contributed by atoms with E-state index in [9.17, 15) is 18.4 Å². The van der Waals surface area contributed by atoms with Gasteiger partial charge in [-0.15, -0.1) is 0 Å². The maximum atomic E-state index is 13.3. The number of carboxylic acids is 1. The number of Topliss-reactive ketones (excluding diaryl/α,β-unsaturated/α-hetero) is 1. The standard InChI is InChI=1S/C12H13F2NO3/c1-7(16)12(13,14)9-4-2-8(3-5-9)6-10(15)11(17)18/h2-5,10H,6,15H2,1H3,(H,17,18)/t10-/m0/s1. The van der Waals surface area contributed by atoms with Crippen molar-refractivity contribution in [3.8, 4) is 0 Å². The molecule has 1 atom stereocenters. The van der Waals surface area contributed by atoms with E-state index in [0.717, 1.165) is 19.1 Å². The van der Waals surface area contributed by atoms with Crippen LogP contribution in [0.5, 0.6) is 0 Å². The fourth-order valence-corrected chi connectivity index (χ4v) is 1.39. The number of carboxylic acid groups (broad SMARTS) is 1. The van der Waals surface area contributed by atoms with Gasteiger partial charge in [-0.25, -0.2) is 0 Å². The van der Waals surface area contributed by atoms with Crippen LogP contribution in [0.2, 0.25) is 0 Å². The number of aliphatic carboxylic acids is 1. The lowest BCUT2D eigenvalue weighted by atomic mass is 10.0. The van der Waals surface area contributed by atoms with Gasteiger partial charge in [-0.1, -0.05) is 24.3 Å². The van der Waals surface area contributed by atoms with Crippen molar-refractivity contribution in [3.05, 3.63) is 35.4 Å². The SMILES string of the molecule is CC(=O)C(F)(F)c1ccc(C[C@H](N)C(=O)O)cc1. The second-order valence-electron chi connectivity index (χ2n) is 3.98. The summed E-state index contributed by atoms with van der Waals surface area (Å²) in [6.45, 7) is 0.814. The molecule has 0 fully saturated rings. The van der Waals surface area contributed by atoms with Crippen LogP contribution in [0.25, 0.3) is 0 Å². The van der Waals surface area contributed by atoms with Gasteiger partial charge in [0.2, 0.25) is 5.78 Å². The van der Waals surface area contributed by atoms with E-state index in [4.69, 9.17) is 10.8 Å². The Labute approximate surface area is 102 Å². The number of carbonyl (C=O) groups excluding carboxylic acids is 1. The van der Waals surface area contributed by atoms with Crippen molar-refractivity contribution in [2.45, 2.75) is 25.3 Å². The molecule has 0 heterocycles. The second-order valence-corrected chi connectivity index (χ2v) is 3.98. The summed E-state index contributed by atoms with van der Waals surface area (Å²) < 4.78 is 26.7. The monoisotopic (exact) mass is 257 g/mol. The topological polar surface area (TPSA) is 80.4 Å². The highest BCUT2D eigenvalue weighted by Gasteiger charge is 2.37. The molecule has 0 aliphatic rings. The molecule has 0 amide bonds. The first-order valence-electron chi connectivity index (χ1n) is 5.21. The van der Waals surface area contributed by atoms with Crippen LogP contribution < -0.4 is 5.73 Å². The van der Waals surface area contributed by atoms with Crippen LogP contribution in [-0.2, 0) is 21.9 Å². The summed E-state index contributed by atoms with van der Waals surface area (Å²) in [6, 6.07) is 3.81. The molecule has 0 radical (unpaired) electrons. The normalized spacial score (nSPS) is 13.1. The molecule has 1 aromatic carbocycles. The number of benzene rings is 1. The van der Waals surface area contributed by atoms with Crippen LogP contribution in [0.1, 0.15) is 18.1 Å². The van der Waals surface area contributed by atoms with E-state index < -0.39 is 29.3 Å². The van der Waals surface area contributed by atoms with Crippen molar-refractivity contribution in [1.29, 1.82) is 0 Å². The molecule has 0 bridgehead atoms. The third-order valence-corrected chi connectivity index (χ3v) is 2.53. The molecule has 0 aliphatic carbocycles. The van der Waals surface area contributed by atoms with Gasteiger partial charge in [0.1, 0.15) is 6.04 Å². The first kappa shape index (κ1) is 14.2. The predicted molar refractivity (Wildman–Crippen MR) is 60.3 cm³/mol. The Morgan fingerprint density at radius 3 is 2.22 bits per heavy atom. The highest BCUT2D eigenvalue weighted by atomic mass is 19.3. The van der Waals surface area contributed by atoms with E-state index in [0.29, 0.717) is 5.56 Å². The highest BCUT2D eigenvalue weighted by Crippen LogP contribution is 2.29. The predicted octanol–water partition coefficient (Wildman–Crippen LogP) is 1.32. The van der Waals surface area contributed by atoms with Crippen LogP contribution in [0.15, 0.2) is 24.3 Å². The van der Waals surface area contributed by atoms with Gasteiger partial charge in [0.15, 0.2) is 0 Å². The van der Waals surface area contributed by atoms with Gasteiger partial charge < -0.3 is 10.8 Å². The van der Waals surface area contributed by atoms with Crippen molar-refractivity contribution in [2.75, 3.05) is 0 Å². The lowest BCUT2D eigenvalue weighted by Crippen LogP contribution is -2.32. The van der Waals surface area contributed by atoms with E-state index in [1.54, 1.807) is 0 Å². The lowest BCUT2D eigenvalue weighted by molar-refractivity contribution is -0.142. The first-order chi connectivity index (χ1) is 8.25. The second kappa shape index (κ2) is 5.22. The Morgan fingerprint density at radius 2 is 1.83 bits per heavy atom. The first-order valence-corrected chi connectivity index (χ1v) is 5.21. The lowest BCUT2D eigenvalue weighted by Gasteiger charge is -2.14. The Balaban J connectivity index is 2.87. The molecule has 0 unspecified atom stereocenters. The van der Waals surface area contributed by atoms with Crippen molar-refractivity contribution in [3.63, 3.8) is 0 Å². The van der Waals surface area contributed by atoms with Crippen LogP contribution >= 0.6 is 0 Å². The average Bonchev–Trinajstić information content (AvgIpc) is 2.29. The number of hydrogen-bond donors (Lipinski definition) is 2. The van der Waals surface area contributed by atoms with E-state index in [-0.39, 0.29) is 6.42 Å². The quantitative estimate of drug-likeness (QED) is 0.833. The Kier molecular flexibility index (Phi) is 4.13. The molecule has 0 saturated heterocycles. The maximum absolute atomic E-state index is 13.3. The molecule has 1 aromatic rings. The number of ketones is 1. The molecule has 0 saturated carbocycles. The highest BCUT2D eigenvalue weighted by molar-refractivity contribution is 5.84. The zero-order valence-corrected chi connectivity index (χ0v) is 9.69. The molecule has 0 spiro atoms. The van der Waals surface area contributed by atoms with Crippen molar-refractivity contribution in [1.82, 2.24) is 0 Å². The minimum absolute atomic E-state index is 0.0429. The average molecular weight is 257 g/mol. The summed E-state index contributed by atoms with van der Waals surface area (Å²) in [5.74, 6) is -5.92. The van der Waals surface area contributed by atoms with Crippen molar-refractivity contribution >= 4 is 11.8 Å². The maximum Gasteiger partial charge on any atom is 0.330 e. The molecule has 18 heavy (non-hydrogen) atoms. The Hall–Kier alpha value is -1.82. The molecule has 98 valence electrons. The third-order valence-electron chi connectivity index (χ3n) is 2.53. The van der Waals surface area contributed by atoms with Gasteiger partial charge in [-0.05, 0) is 12.0 Å². The minimum Gasteiger partial charge on any atom is -0.480 e. The summed E-state index contributed by atoms with van der Waals surface area (Å²) in [6.07, 6.45) is 0.0429. The van der Waals surface area contributed by atoms with E-state index in [2.05, 4.69) is 0 Å². The third kappa shape index (κ3) is 3.10. The van der Waals surface area contributed by atoms with Gasteiger partial charge in [0.25, 0.3) is 0 Å². The number of hydrogen-bond acceptors (Lipinski definition) is 3. The zero-order chi connectivity index (χ0) is 13.9. The molecule has 0 aromatic heterocycles. The fourth-order valence-electron chi connectivity index (χ4n) is 1.39. The molecule has 1 rings (SSSR count). The molecule has 6 heteroatoms. The summed E-state index contributed by atoms with van der Waals surface area (Å²) in [7, 11) is 0. The van der Waals surface area contributed by atoms with Crippen LogP contribution in [-0.4, -0.2) is 22.9 Å². The van der Waals surface area contributed by atoms with Crippen LogP contribution in [0.3, 0.4) is 0 Å². The number of alkyl halides is 2.